The molecule has 1 aromatic carbocycles. The van der Waals surface area contributed by atoms with Gasteiger partial charge in [0.1, 0.15) is 0 Å². The number of hydrogen-bond donors (Lipinski definition) is 2. The molecular weight excluding hydrogens is 266 g/mol. The molecule has 0 saturated carbocycles. The Morgan fingerprint density at radius 3 is 2.48 bits per heavy atom. The number of carbonyl (C=O) groups is 2. The van der Waals surface area contributed by atoms with Crippen molar-refractivity contribution in [1.29, 1.82) is 0 Å². The minimum atomic E-state index is -1.01. The summed E-state index contributed by atoms with van der Waals surface area (Å²) in [6, 6.07) is 5.33. The van der Waals surface area contributed by atoms with Crippen LogP contribution in [-0.4, -0.2) is 23.5 Å². The van der Waals surface area contributed by atoms with Gasteiger partial charge in [-0.05, 0) is 48.1 Å². The lowest BCUT2D eigenvalue weighted by Crippen LogP contribution is -2.27. The van der Waals surface area contributed by atoms with E-state index in [9.17, 15) is 9.59 Å². The first kappa shape index (κ1) is 17.0. The number of carboxylic acid groups (broad SMARTS) is 1. The first-order chi connectivity index (χ1) is 9.67. The van der Waals surface area contributed by atoms with Gasteiger partial charge >= 0.3 is 5.97 Å². The molecule has 21 heavy (non-hydrogen) atoms. The average Bonchev–Trinajstić information content (AvgIpc) is 2.34. The maximum atomic E-state index is 12.1. The van der Waals surface area contributed by atoms with Crippen molar-refractivity contribution in [2.24, 2.45) is 5.41 Å². The highest BCUT2D eigenvalue weighted by Crippen LogP contribution is 2.17. The molecule has 2 N–H and O–H groups in total. The van der Waals surface area contributed by atoms with Gasteiger partial charge in [0.2, 0.25) is 0 Å². The zero-order valence-corrected chi connectivity index (χ0v) is 13.1. The highest BCUT2D eigenvalue weighted by Gasteiger charge is 2.11. The van der Waals surface area contributed by atoms with E-state index in [-0.39, 0.29) is 11.3 Å². The fourth-order valence-electron chi connectivity index (χ4n) is 1.86. The summed E-state index contributed by atoms with van der Waals surface area (Å²) in [5.74, 6) is -1.14. The first-order valence-electron chi connectivity index (χ1n) is 6.98. The third kappa shape index (κ3) is 6.75. The molecule has 0 spiro atoms. The SMILES string of the molecule is Cc1cc(/C=C/C(=O)O)cc(C(=O)NCCC(C)(C)C)c1. The fraction of sp³-hybridized carbons (Fsp3) is 0.412. The van der Waals surface area contributed by atoms with E-state index in [1.807, 2.05) is 13.0 Å². The van der Waals surface area contributed by atoms with Crippen molar-refractivity contribution in [3.63, 3.8) is 0 Å². The van der Waals surface area contributed by atoms with Gasteiger partial charge in [-0.2, -0.15) is 0 Å². The first-order valence-corrected chi connectivity index (χ1v) is 6.98. The monoisotopic (exact) mass is 289 g/mol. The second-order valence-corrected chi connectivity index (χ2v) is 6.37. The molecule has 1 amide bonds. The topological polar surface area (TPSA) is 66.4 Å². The van der Waals surface area contributed by atoms with Crippen LogP contribution in [0, 0.1) is 12.3 Å². The summed E-state index contributed by atoms with van der Waals surface area (Å²) in [5, 5.41) is 11.5. The van der Waals surface area contributed by atoms with Crippen molar-refractivity contribution in [3.05, 3.63) is 41.0 Å². The highest BCUT2D eigenvalue weighted by atomic mass is 16.4. The Kier molecular flexibility index (Phi) is 5.70. The molecule has 0 aliphatic heterocycles. The second-order valence-electron chi connectivity index (χ2n) is 6.37. The Morgan fingerprint density at radius 2 is 1.90 bits per heavy atom. The Labute approximate surface area is 125 Å². The fourth-order valence-corrected chi connectivity index (χ4v) is 1.86. The molecule has 0 radical (unpaired) electrons. The molecule has 4 heteroatoms. The summed E-state index contributed by atoms with van der Waals surface area (Å²) >= 11 is 0. The number of carbonyl (C=O) groups excluding carboxylic acids is 1. The van der Waals surface area contributed by atoms with Gasteiger partial charge in [0.05, 0.1) is 0 Å². The Morgan fingerprint density at radius 1 is 1.24 bits per heavy atom. The average molecular weight is 289 g/mol. The van der Waals surface area contributed by atoms with Crippen LogP contribution in [0.15, 0.2) is 24.3 Å². The zero-order chi connectivity index (χ0) is 16.0. The zero-order valence-electron chi connectivity index (χ0n) is 13.1. The van der Waals surface area contributed by atoms with E-state index in [4.69, 9.17) is 5.11 Å². The molecule has 1 aromatic rings. The van der Waals surface area contributed by atoms with Crippen molar-refractivity contribution in [3.8, 4) is 0 Å². The van der Waals surface area contributed by atoms with E-state index < -0.39 is 5.97 Å². The Bertz CT molecular complexity index is 554. The summed E-state index contributed by atoms with van der Waals surface area (Å²) in [5.41, 5.74) is 2.35. The summed E-state index contributed by atoms with van der Waals surface area (Å²) in [6.45, 7) is 8.88. The molecule has 0 atom stereocenters. The third-order valence-corrected chi connectivity index (χ3v) is 2.94. The van der Waals surface area contributed by atoms with Crippen LogP contribution in [0.5, 0.6) is 0 Å². The van der Waals surface area contributed by atoms with E-state index in [1.165, 1.54) is 6.08 Å². The van der Waals surface area contributed by atoms with Gasteiger partial charge in [-0.15, -0.1) is 0 Å². The normalized spacial score (nSPS) is 11.6. The van der Waals surface area contributed by atoms with Gasteiger partial charge in [0.25, 0.3) is 5.91 Å². The molecule has 0 aliphatic rings. The molecule has 0 saturated heterocycles. The highest BCUT2D eigenvalue weighted by molar-refractivity contribution is 5.95. The van der Waals surface area contributed by atoms with Crippen LogP contribution in [0.2, 0.25) is 0 Å². The Hall–Kier alpha value is -2.10. The van der Waals surface area contributed by atoms with E-state index >= 15 is 0 Å². The van der Waals surface area contributed by atoms with E-state index in [1.54, 1.807) is 12.1 Å². The predicted octanol–water partition coefficient (Wildman–Crippen LogP) is 3.26. The number of nitrogens with one attached hydrogen (secondary N) is 1. The number of benzene rings is 1. The number of carboxylic acids is 1. The summed E-state index contributed by atoms with van der Waals surface area (Å²) in [7, 11) is 0. The van der Waals surface area contributed by atoms with Crippen molar-refractivity contribution in [2.45, 2.75) is 34.1 Å². The van der Waals surface area contributed by atoms with Gasteiger partial charge in [-0.3, -0.25) is 4.79 Å². The van der Waals surface area contributed by atoms with E-state index in [0.29, 0.717) is 17.7 Å². The van der Waals surface area contributed by atoms with E-state index in [2.05, 4.69) is 26.1 Å². The van der Waals surface area contributed by atoms with Crippen LogP contribution in [0.3, 0.4) is 0 Å². The smallest absolute Gasteiger partial charge is 0.328 e. The van der Waals surface area contributed by atoms with Crippen LogP contribution in [-0.2, 0) is 4.79 Å². The van der Waals surface area contributed by atoms with Crippen molar-refractivity contribution in [2.75, 3.05) is 6.54 Å². The molecule has 0 bridgehead atoms. The summed E-state index contributed by atoms with van der Waals surface area (Å²) < 4.78 is 0. The van der Waals surface area contributed by atoms with Crippen molar-refractivity contribution < 1.29 is 14.7 Å². The predicted molar refractivity (Wildman–Crippen MR) is 84.3 cm³/mol. The van der Waals surface area contributed by atoms with Crippen LogP contribution < -0.4 is 5.32 Å². The molecule has 4 nitrogen and oxygen atoms in total. The van der Waals surface area contributed by atoms with Gasteiger partial charge < -0.3 is 10.4 Å². The molecular formula is C17H23NO3. The molecule has 114 valence electrons. The van der Waals surface area contributed by atoms with Gasteiger partial charge in [-0.1, -0.05) is 26.8 Å². The minimum Gasteiger partial charge on any atom is -0.478 e. The van der Waals surface area contributed by atoms with Gasteiger partial charge in [0, 0.05) is 18.2 Å². The van der Waals surface area contributed by atoms with Crippen molar-refractivity contribution >= 4 is 18.0 Å². The minimum absolute atomic E-state index is 0.132. The number of aryl methyl sites for hydroxylation is 1. The molecule has 0 aliphatic carbocycles. The van der Waals surface area contributed by atoms with Crippen LogP contribution in [0.25, 0.3) is 6.08 Å². The number of aliphatic carboxylic acids is 1. The van der Waals surface area contributed by atoms with Gasteiger partial charge in [-0.25, -0.2) is 4.79 Å². The maximum absolute atomic E-state index is 12.1. The van der Waals surface area contributed by atoms with E-state index in [0.717, 1.165) is 18.1 Å². The summed E-state index contributed by atoms with van der Waals surface area (Å²) in [4.78, 5) is 22.7. The van der Waals surface area contributed by atoms with Crippen LogP contribution >= 0.6 is 0 Å². The molecule has 1 rings (SSSR count). The lowest BCUT2D eigenvalue weighted by Gasteiger charge is -2.18. The maximum Gasteiger partial charge on any atom is 0.328 e. The van der Waals surface area contributed by atoms with Crippen molar-refractivity contribution in [1.82, 2.24) is 5.32 Å². The standard InChI is InChI=1S/C17H23NO3/c1-12-9-13(5-6-15(19)20)11-14(10-12)16(21)18-8-7-17(2,3)4/h5-6,9-11H,7-8H2,1-4H3,(H,18,21)(H,19,20)/b6-5+. The van der Waals surface area contributed by atoms with Gasteiger partial charge in [0.15, 0.2) is 0 Å². The lowest BCUT2D eigenvalue weighted by molar-refractivity contribution is -0.131. The lowest BCUT2D eigenvalue weighted by atomic mass is 9.92. The number of rotatable bonds is 5. The molecule has 0 fully saturated rings. The van der Waals surface area contributed by atoms with Crippen LogP contribution in [0.1, 0.15) is 48.7 Å². The third-order valence-electron chi connectivity index (χ3n) is 2.94. The Balaban J connectivity index is 2.78. The largest absolute Gasteiger partial charge is 0.478 e. The number of hydrogen-bond acceptors (Lipinski definition) is 2. The molecule has 0 aromatic heterocycles. The molecule has 0 unspecified atom stereocenters. The quantitative estimate of drug-likeness (QED) is 0.818. The number of amides is 1. The summed E-state index contributed by atoms with van der Waals surface area (Å²) in [6.07, 6.45) is 3.45. The second kappa shape index (κ2) is 7.07. The molecule has 0 heterocycles. The van der Waals surface area contributed by atoms with Crippen LogP contribution in [0.4, 0.5) is 0 Å².